The van der Waals surface area contributed by atoms with Crippen molar-refractivity contribution in [2.45, 2.75) is 6.42 Å². The molecule has 0 aliphatic carbocycles. The average Bonchev–Trinajstić information content (AvgIpc) is 3.16. The smallest absolute Gasteiger partial charge is 0.409 e. The summed E-state index contributed by atoms with van der Waals surface area (Å²) in [5.41, 5.74) is 2.92. The minimum atomic E-state index is -1.18. The van der Waals surface area contributed by atoms with Crippen molar-refractivity contribution in [1.29, 1.82) is 0 Å². The van der Waals surface area contributed by atoms with Gasteiger partial charge in [-0.05, 0) is 11.6 Å². The fourth-order valence-corrected chi connectivity index (χ4v) is 2.92. The van der Waals surface area contributed by atoms with Crippen LogP contribution in [-0.2, 0) is 13.5 Å². The Labute approximate surface area is 170 Å². The molecule has 0 aliphatic rings. The van der Waals surface area contributed by atoms with Gasteiger partial charge in [0.05, 0.1) is 30.5 Å². The molecule has 2 N–H and O–H groups in total. The summed E-state index contributed by atoms with van der Waals surface area (Å²) in [5.74, 6) is 0.446. The number of aryl methyl sites for hydroxylation is 1. The van der Waals surface area contributed by atoms with Crippen molar-refractivity contribution in [2.24, 2.45) is 7.05 Å². The topological polar surface area (TPSA) is 128 Å². The molecule has 150 valence electrons. The van der Waals surface area contributed by atoms with Gasteiger partial charge >= 0.3 is 6.09 Å². The van der Waals surface area contributed by atoms with E-state index in [2.05, 4.69) is 25.5 Å². The van der Waals surface area contributed by atoms with E-state index in [-0.39, 0.29) is 11.1 Å². The number of carboxylic acid groups (broad SMARTS) is 1. The minimum Gasteiger partial charge on any atom is -0.465 e. The van der Waals surface area contributed by atoms with Crippen molar-refractivity contribution in [2.75, 3.05) is 5.32 Å². The Bertz CT molecular complexity index is 1260. The van der Waals surface area contributed by atoms with Crippen molar-refractivity contribution in [3.8, 4) is 17.1 Å². The maximum Gasteiger partial charge on any atom is 0.409 e. The molecule has 0 spiro atoms. The van der Waals surface area contributed by atoms with E-state index in [1.807, 2.05) is 37.5 Å². The molecular formula is C20H17N7O3. The van der Waals surface area contributed by atoms with Crippen molar-refractivity contribution in [3.05, 3.63) is 82.8 Å². The van der Waals surface area contributed by atoms with E-state index in [4.69, 9.17) is 5.11 Å². The molecule has 10 nitrogen and oxygen atoms in total. The Morgan fingerprint density at radius 2 is 1.97 bits per heavy atom. The van der Waals surface area contributed by atoms with Crippen molar-refractivity contribution in [3.63, 3.8) is 0 Å². The van der Waals surface area contributed by atoms with E-state index in [1.165, 1.54) is 18.5 Å². The van der Waals surface area contributed by atoms with Gasteiger partial charge in [0.2, 0.25) is 5.43 Å². The van der Waals surface area contributed by atoms with Crippen LogP contribution in [0.3, 0.4) is 0 Å². The van der Waals surface area contributed by atoms with Gasteiger partial charge in [0.15, 0.2) is 5.82 Å². The molecule has 0 bridgehead atoms. The fourth-order valence-electron chi connectivity index (χ4n) is 2.92. The molecule has 3 aromatic heterocycles. The monoisotopic (exact) mass is 403 g/mol. The number of amides is 1. The van der Waals surface area contributed by atoms with Crippen LogP contribution in [-0.4, -0.2) is 40.7 Å². The Morgan fingerprint density at radius 1 is 1.17 bits per heavy atom. The third-order valence-corrected chi connectivity index (χ3v) is 4.30. The Hall–Kier alpha value is -4.34. The summed E-state index contributed by atoms with van der Waals surface area (Å²) < 4.78 is 3.28. The van der Waals surface area contributed by atoms with Gasteiger partial charge in [-0.3, -0.25) is 14.8 Å². The van der Waals surface area contributed by atoms with Crippen molar-refractivity contribution >= 4 is 11.8 Å². The van der Waals surface area contributed by atoms with Gasteiger partial charge in [-0.2, -0.15) is 10.2 Å². The zero-order valence-corrected chi connectivity index (χ0v) is 15.9. The maximum absolute atomic E-state index is 12.3. The van der Waals surface area contributed by atoms with Gasteiger partial charge in [-0.25, -0.2) is 19.4 Å². The molecule has 4 rings (SSSR count). The molecule has 0 fully saturated rings. The summed E-state index contributed by atoms with van der Waals surface area (Å²) in [6, 6.07) is 8.94. The van der Waals surface area contributed by atoms with Gasteiger partial charge in [0.1, 0.15) is 11.4 Å². The van der Waals surface area contributed by atoms with Gasteiger partial charge < -0.3 is 5.11 Å². The first-order chi connectivity index (χ1) is 14.5. The van der Waals surface area contributed by atoms with E-state index in [0.29, 0.717) is 17.9 Å². The first-order valence-corrected chi connectivity index (χ1v) is 8.97. The lowest BCUT2D eigenvalue weighted by Gasteiger charge is -2.07. The van der Waals surface area contributed by atoms with E-state index in [1.54, 1.807) is 21.8 Å². The highest BCUT2D eigenvalue weighted by atomic mass is 16.4. The highest BCUT2D eigenvalue weighted by molar-refractivity contribution is 5.82. The zero-order chi connectivity index (χ0) is 21.1. The molecule has 3 heterocycles. The van der Waals surface area contributed by atoms with Crippen LogP contribution in [0.1, 0.15) is 11.3 Å². The maximum atomic E-state index is 12.3. The van der Waals surface area contributed by atoms with Crippen LogP contribution < -0.4 is 10.7 Å². The van der Waals surface area contributed by atoms with Crippen LogP contribution in [0.15, 0.2) is 66.1 Å². The fraction of sp³-hybridized carbons (Fsp3) is 0.100. The number of carbonyl (C=O) groups is 1. The first-order valence-electron chi connectivity index (χ1n) is 8.97. The number of nitrogens with one attached hydrogen (secondary N) is 1. The SMILES string of the molecule is Cn1cc(-n2ccc(=O)c(Cc3cccc(-c4ncc(NC(=O)O)cn4)c3)n2)cn1. The molecule has 1 aromatic carbocycles. The predicted octanol–water partition coefficient (Wildman–Crippen LogP) is 2.10. The second-order valence-corrected chi connectivity index (χ2v) is 6.55. The molecule has 0 atom stereocenters. The van der Waals surface area contributed by atoms with Crippen LogP contribution in [0.5, 0.6) is 0 Å². The summed E-state index contributed by atoms with van der Waals surface area (Å²) >= 11 is 0. The predicted molar refractivity (Wildman–Crippen MR) is 109 cm³/mol. The Balaban J connectivity index is 1.59. The van der Waals surface area contributed by atoms with E-state index in [0.717, 1.165) is 16.8 Å². The van der Waals surface area contributed by atoms with Crippen molar-refractivity contribution < 1.29 is 9.90 Å². The zero-order valence-electron chi connectivity index (χ0n) is 15.9. The van der Waals surface area contributed by atoms with Gasteiger partial charge in [0.25, 0.3) is 0 Å². The van der Waals surface area contributed by atoms with Crippen molar-refractivity contribution in [1.82, 2.24) is 29.5 Å². The normalized spacial score (nSPS) is 10.7. The number of hydrogen-bond acceptors (Lipinski definition) is 6. The third kappa shape index (κ3) is 4.22. The second kappa shape index (κ2) is 7.95. The number of anilines is 1. The highest BCUT2D eigenvalue weighted by Crippen LogP contribution is 2.18. The highest BCUT2D eigenvalue weighted by Gasteiger charge is 2.09. The summed E-state index contributed by atoms with van der Waals surface area (Å²) in [6.07, 6.45) is 7.04. The molecule has 4 aromatic rings. The molecule has 30 heavy (non-hydrogen) atoms. The number of rotatable bonds is 5. The number of benzene rings is 1. The van der Waals surface area contributed by atoms with Gasteiger partial charge in [0, 0.05) is 31.3 Å². The first kappa shape index (κ1) is 19.0. The number of aromatic nitrogens is 6. The van der Waals surface area contributed by atoms with E-state index < -0.39 is 6.09 Å². The second-order valence-electron chi connectivity index (χ2n) is 6.55. The molecular weight excluding hydrogens is 386 g/mol. The quantitative estimate of drug-likeness (QED) is 0.522. The largest absolute Gasteiger partial charge is 0.465 e. The Morgan fingerprint density at radius 3 is 2.67 bits per heavy atom. The lowest BCUT2D eigenvalue weighted by Crippen LogP contribution is -2.16. The number of nitrogens with zero attached hydrogens (tertiary/aromatic N) is 6. The van der Waals surface area contributed by atoms with Crippen LogP contribution in [0.2, 0.25) is 0 Å². The van der Waals surface area contributed by atoms with Gasteiger partial charge in [-0.15, -0.1) is 0 Å². The molecule has 0 aliphatic heterocycles. The van der Waals surface area contributed by atoms with E-state index >= 15 is 0 Å². The van der Waals surface area contributed by atoms with Crippen LogP contribution in [0.25, 0.3) is 17.1 Å². The van der Waals surface area contributed by atoms with E-state index in [9.17, 15) is 9.59 Å². The average molecular weight is 403 g/mol. The lowest BCUT2D eigenvalue weighted by molar-refractivity contribution is 0.209. The molecule has 0 unspecified atom stereocenters. The number of hydrogen-bond donors (Lipinski definition) is 2. The Kier molecular flexibility index (Phi) is 5.04. The van der Waals surface area contributed by atoms with Crippen LogP contribution in [0, 0.1) is 0 Å². The molecule has 0 saturated heterocycles. The van der Waals surface area contributed by atoms with Crippen LogP contribution in [0.4, 0.5) is 10.5 Å². The molecule has 1 amide bonds. The lowest BCUT2D eigenvalue weighted by atomic mass is 10.1. The summed E-state index contributed by atoms with van der Waals surface area (Å²) in [5, 5.41) is 19.5. The standard InChI is InChI=1S/C20H17N7O3/c1-26-12-16(11-23-26)27-6-5-18(28)17(25-27)8-13-3-2-4-14(7-13)19-21-9-15(10-22-19)24-20(29)30/h2-7,9-12,24H,8H2,1H3,(H,29,30). The summed E-state index contributed by atoms with van der Waals surface area (Å²) in [4.78, 5) is 31.4. The van der Waals surface area contributed by atoms with Crippen LogP contribution >= 0.6 is 0 Å². The third-order valence-electron chi connectivity index (χ3n) is 4.30. The summed E-state index contributed by atoms with van der Waals surface area (Å²) in [7, 11) is 1.81. The molecule has 0 radical (unpaired) electrons. The molecule has 10 heteroatoms. The summed E-state index contributed by atoms with van der Waals surface area (Å²) in [6.45, 7) is 0. The van der Waals surface area contributed by atoms with Gasteiger partial charge in [-0.1, -0.05) is 18.2 Å². The minimum absolute atomic E-state index is 0.152. The molecule has 0 saturated carbocycles.